The van der Waals surface area contributed by atoms with Gasteiger partial charge in [-0.15, -0.1) is 0 Å². The number of pyridine rings is 1. The van der Waals surface area contributed by atoms with Crippen LogP contribution in [0.2, 0.25) is 0 Å². The van der Waals surface area contributed by atoms with Crippen molar-refractivity contribution in [2.75, 3.05) is 6.54 Å². The van der Waals surface area contributed by atoms with Crippen molar-refractivity contribution in [3.63, 3.8) is 0 Å². The zero-order valence-electron chi connectivity index (χ0n) is 15.1. The molecule has 8 heteroatoms. The molecule has 3 rings (SSSR count). The van der Waals surface area contributed by atoms with E-state index in [-0.39, 0.29) is 18.0 Å². The van der Waals surface area contributed by atoms with Gasteiger partial charge in [0, 0.05) is 5.56 Å². The second kappa shape index (κ2) is 8.42. The van der Waals surface area contributed by atoms with Gasteiger partial charge in [-0.2, -0.15) is 13.2 Å². The molecule has 0 fully saturated rings. The number of ether oxygens (including phenoxy) is 1. The molecular weight excluding hydrogens is 385 g/mol. The maximum absolute atomic E-state index is 12.6. The van der Waals surface area contributed by atoms with E-state index >= 15 is 0 Å². The number of carbonyl (C=O) groups excluding carboxylic acids is 1. The number of benzene rings is 2. The second-order valence-corrected chi connectivity index (χ2v) is 6.17. The number of nitrogens with zero attached hydrogens (tertiary/aromatic N) is 1. The lowest BCUT2D eigenvalue weighted by Gasteiger charge is -2.11. The highest BCUT2D eigenvalue weighted by molar-refractivity contribution is 5.85. The Morgan fingerprint density at radius 1 is 1.00 bits per heavy atom. The number of rotatable bonds is 6. The van der Waals surface area contributed by atoms with E-state index in [1.54, 1.807) is 36.4 Å². The van der Waals surface area contributed by atoms with Gasteiger partial charge in [0.15, 0.2) is 11.9 Å². The molecule has 5 nitrogen and oxygen atoms in total. The predicted octanol–water partition coefficient (Wildman–Crippen LogP) is 4.12. The van der Waals surface area contributed by atoms with Gasteiger partial charge in [0.1, 0.15) is 11.5 Å². The summed E-state index contributed by atoms with van der Waals surface area (Å²) in [5.74, 6) is 0.173. The fraction of sp³-hybridized carbons (Fsp3) is 0.143. The molecule has 0 spiro atoms. The molecule has 2 aromatic carbocycles. The molecule has 0 unspecified atom stereocenters. The summed E-state index contributed by atoms with van der Waals surface area (Å²) in [6.45, 7) is -0.289. The number of aromatic nitrogens is 1. The van der Waals surface area contributed by atoms with Crippen molar-refractivity contribution in [2.45, 2.75) is 12.3 Å². The maximum atomic E-state index is 12.6. The molecule has 3 aromatic rings. The molecule has 0 amide bonds. The molecule has 1 atom stereocenters. The molecule has 0 aliphatic rings. The minimum atomic E-state index is -4.40. The standard InChI is InChI=1S/C21H17F3N2O3/c22-21(23,24)14-6-10-16(11-7-14)29-15-8-4-13(5-9-15)17-2-1-3-18(26-17)20(28)19(27)12-25/h1-11,20,28H,12,25H2/t20-/m1/s1. The Balaban J connectivity index is 1.74. The maximum Gasteiger partial charge on any atom is 0.416 e. The van der Waals surface area contributed by atoms with Crippen LogP contribution in [-0.2, 0) is 11.0 Å². The van der Waals surface area contributed by atoms with Crippen molar-refractivity contribution < 1.29 is 27.8 Å². The lowest BCUT2D eigenvalue weighted by molar-refractivity contribution is -0.137. The summed E-state index contributed by atoms with van der Waals surface area (Å²) >= 11 is 0. The number of carbonyl (C=O) groups is 1. The molecule has 0 aliphatic heterocycles. The lowest BCUT2D eigenvalue weighted by Crippen LogP contribution is -2.22. The van der Waals surface area contributed by atoms with Crippen LogP contribution in [0.4, 0.5) is 13.2 Å². The first-order valence-corrected chi connectivity index (χ1v) is 8.61. The average Bonchev–Trinajstić information content (AvgIpc) is 2.73. The highest BCUT2D eigenvalue weighted by atomic mass is 19.4. The first-order valence-electron chi connectivity index (χ1n) is 8.61. The van der Waals surface area contributed by atoms with E-state index in [2.05, 4.69) is 4.98 Å². The minimum Gasteiger partial charge on any atom is -0.457 e. The Hall–Kier alpha value is -3.23. The van der Waals surface area contributed by atoms with Crippen LogP contribution in [0.25, 0.3) is 11.3 Å². The van der Waals surface area contributed by atoms with E-state index in [0.29, 0.717) is 17.0 Å². The van der Waals surface area contributed by atoms with Crippen LogP contribution in [0.15, 0.2) is 66.7 Å². The minimum absolute atomic E-state index is 0.197. The van der Waals surface area contributed by atoms with Gasteiger partial charge in [-0.3, -0.25) is 4.79 Å². The van der Waals surface area contributed by atoms with E-state index < -0.39 is 23.6 Å². The summed E-state index contributed by atoms with van der Waals surface area (Å²) in [5.41, 5.74) is 5.95. The summed E-state index contributed by atoms with van der Waals surface area (Å²) in [6.07, 6.45) is -5.79. The van der Waals surface area contributed by atoms with Crippen LogP contribution >= 0.6 is 0 Å². The topological polar surface area (TPSA) is 85.4 Å². The monoisotopic (exact) mass is 402 g/mol. The third-order valence-corrected chi connectivity index (χ3v) is 4.12. The number of nitrogens with two attached hydrogens (primary N) is 1. The molecule has 0 bridgehead atoms. The van der Waals surface area contributed by atoms with E-state index in [1.807, 2.05) is 0 Å². The zero-order chi connectivity index (χ0) is 21.0. The first kappa shape index (κ1) is 20.5. The number of aliphatic hydroxyl groups excluding tert-OH is 1. The van der Waals surface area contributed by atoms with Gasteiger partial charge in [-0.1, -0.05) is 6.07 Å². The van der Waals surface area contributed by atoms with Crippen LogP contribution in [0.1, 0.15) is 17.4 Å². The van der Waals surface area contributed by atoms with Crippen LogP contribution in [0, 0.1) is 0 Å². The van der Waals surface area contributed by atoms with Gasteiger partial charge in [-0.25, -0.2) is 4.98 Å². The van der Waals surface area contributed by atoms with Crippen molar-refractivity contribution in [3.05, 3.63) is 78.0 Å². The molecule has 1 heterocycles. The molecule has 0 saturated heterocycles. The molecule has 0 radical (unpaired) electrons. The predicted molar refractivity (Wildman–Crippen MR) is 100 cm³/mol. The molecular formula is C21H17F3N2O3. The summed E-state index contributed by atoms with van der Waals surface area (Å²) in [6, 6.07) is 16.0. The van der Waals surface area contributed by atoms with Crippen molar-refractivity contribution in [1.82, 2.24) is 4.98 Å². The SMILES string of the molecule is NCC(=O)[C@H](O)c1cccc(-c2ccc(Oc3ccc(C(F)(F)F)cc3)cc2)n1. The third kappa shape index (κ3) is 4.98. The summed E-state index contributed by atoms with van der Waals surface area (Å²) < 4.78 is 43.4. The third-order valence-electron chi connectivity index (χ3n) is 4.12. The summed E-state index contributed by atoms with van der Waals surface area (Å²) in [4.78, 5) is 15.8. The van der Waals surface area contributed by atoms with Gasteiger partial charge < -0.3 is 15.6 Å². The van der Waals surface area contributed by atoms with Crippen molar-refractivity contribution in [2.24, 2.45) is 5.73 Å². The van der Waals surface area contributed by atoms with Gasteiger partial charge in [0.2, 0.25) is 0 Å². The second-order valence-electron chi connectivity index (χ2n) is 6.17. The van der Waals surface area contributed by atoms with E-state index in [0.717, 1.165) is 12.1 Å². The Bertz CT molecular complexity index is 987. The summed E-state index contributed by atoms with van der Waals surface area (Å²) in [5, 5.41) is 9.96. The lowest BCUT2D eigenvalue weighted by atomic mass is 10.1. The van der Waals surface area contributed by atoms with Crippen LogP contribution in [0.3, 0.4) is 0 Å². The number of hydrogen-bond acceptors (Lipinski definition) is 5. The zero-order valence-corrected chi connectivity index (χ0v) is 15.1. The number of aliphatic hydroxyl groups is 1. The van der Waals surface area contributed by atoms with Crippen LogP contribution in [-0.4, -0.2) is 22.4 Å². The van der Waals surface area contributed by atoms with E-state index in [1.165, 1.54) is 18.2 Å². The smallest absolute Gasteiger partial charge is 0.416 e. The number of alkyl halides is 3. The Labute approximate surface area is 164 Å². The highest BCUT2D eigenvalue weighted by Gasteiger charge is 2.30. The van der Waals surface area contributed by atoms with Crippen LogP contribution in [0.5, 0.6) is 11.5 Å². The Morgan fingerprint density at radius 3 is 2.14 bits per heavy atom. The largest absolute Gasteiger partial charge is 0.457 e. The Kier molecular flexibility index (Phi) is 5.95. The molecule has 29 heavy (non-hydrogen) atoms. The quantitative estimate of drug-likeness (QED) is 0.648. The molecule has 0 saturated carbocycles. The molecule has 3 N–H and O–H groups in total. The highest BCUT2D eigenvalue weighted by Crippen LogP contribution is 2.32. The number of ketones is 1. The number of halogens is 3. The molecule has 1 aromatic heterocycles. The fourth-order valence-corrected chi connectivity index (χ4v) is 2.58. The Morgan fingerprint density at radius 2 is 1.59 bits per heavy atom. The van der Waals surface area contributed by atoms with Gasteiger partial charge in [-0.05, 0) is 60.7 Å². The van der Waals surface area contributed by atoms with Crippen molar-refractivity contribution >= 4 is 5.78 Å². The molecule has 0 aliphatic carbocycles. The van der Waals surface area contributed by atoms with Crippen molar-refractivity contribution in [3.8, 4) is 22.8 Å². The average molecular weight is 402 g/mol. The number of Topliss-reactive ketones (excluding diaryl/α,β-unsaturated/α-hetero) is 1. The van der Waals surface area contributed by atoms with Gasteiger partial charge >= 0.3 is 6.18 Å². The normalized spacial score (nSPS) is 12.4. The van der Waals surface area contributed by atoms with E-state index in [9.17, 15) is 23.1 Å². The summed E-state index contributed by atoms with van der Waals surface area (Å²) in [7, 11) is 0. The van der Waals surface area contributed by atoms with Crippen LogP contribution < -0.4 is 10.5 Å². The fourth-order valence-electron chi connectivity index (χ4n) is 2.58. The van der Waals surface area contributed by atoms with Gasteiger partial charge in [0.25, 0.3) is 0 Å². The van der Waals surface area contributed by atoms with Gasteiger partial charge in [0.05, 0.1) is 23.5 Å². The van der Waals surface area contributed by atoms with Crippen molar-refractivity contribution in [1.29, 1.82) is 0 Å². The van der Waals surface area contributed by atoms with E-state index in [4.69, 9.17) is 10.5 Å². The molecule has 150 valence electrons. The number of hydrogen-bond donors (Lipinski definition) is 2. The first-order chi connectivity index (χ1) is 13.8.